The molecule has 0 aliphatic carbocycles. The van der Waals surface area contributed by atoms with Crippen LogP contribution < -0.4 is 0 Å². The van der Waals surface area contributed by atoms with Crippen molar-refractivity contribution in [1.82, 2.24) is 0 Å². The van der Waals surface area contributed by atoms with Gasteiger partial charge in [0.05, 0.1) is 6.61 Å². The highest BCUT2D eigenvalue weighted by Crippen LogP contribution is 2.20. The van der Waals surface area contributed by atoms with Crippen molar-refractivity contribution in [3.8, 4) is 0 Å². The molecule has 0 radical (unpaired) electrons. The number of esters is 1. The second kappa shape index (κ2) is 8.60. The monoisotopic (exact) mass is 228 g/mol. The molecule has 2 heteroatoms. The minimum absolute atomic E-state index is 0.166. The number of hydrogen-bond donors (Lipinski definition) is 0. The molecule has 2 nitrogen and oxygen atoms in total. The third kappa shape index (κ3) is 10.0. The third-order valence-corrected chi connectivity index (χ3v) is 2.94. The number of carbonyl (C=O) groups excluding carboxylic acids is 1. The van der Waals surface area contributed by atoms with Gasteiger partial charge in [-0.25, -0.2) is 0 Å². The summed E-state index contributed by atoms with van der Waals surface area (Å²) < 4.78 is 4.94. The van der Waals surface area contributed by atoms with Crippen molar-refractivity contribution in [2.75, 3.05) is 6.61 Å². The smallest absolute Gasteiger partial charge is 0.302 e. The van der Waals surface area contributed by atoms with Gasteiger partial charge < -0.3 is 4.74 Å². The fourth-order valence-electron chi connectivity index (χ4n) is 2.04. The molecule has 0 amide bonds. The van der Waals surface area contributed by atoms with Gasteiger partial charge in [0.1, 0.15) is 0 Å². The third-order valence-electron chi connectivity index (χ3n) is 2.94. The summed E-state index contributed by atoms with van der Waals surface area (Å²) in [4.78, 5) is 10.6. The van der Waals surface area contributed by atoms with Crippen molar-refractivity contribution in [3.05, 3.63) is 0 Å². The molecule has 0 aromatic heterocycles. The Morgan fingerprint density at radius 3 is 2.06 bits per heavy atom. The normalized spacial score (nSPS) is 14.9. The van der Waals surface area contributed by atoms with E-state index in [1.807, 2.05) is 0 Å². The first-order valence-electron chi connectivity index (χ1n) is 6.55. The van der Waals surface area contributed by atoms with Crippen LogP contribution in [-0.2, 0) is 9.53 Å². The van der Waals surface area contributed by atoms with Crippen LogP contribution in [0.15, 0.2) is 0 Å². The van der Waals surface area contributed by atoms with Crippen LogP contribution in [0.4, 0.5) is 0 Å². The first-order chi connectivity index (χ1) is 7.41. The Balaban J connectivity index is 3.49. The van der Waals surface area contributed by atoms with E-state index in [1.54, 1.807) is 0 Å². The van der Waals surface area contributed by atoms with Gasteiger partial charge >= 0.3 is 5.97 Å². The summed E-state index contributed by atoms with van der Waals surface area (Å²) in [5, 5.41) is 0. The number of hydrogen-bond acceptors (Lipinski definition) is 2. The molecule has 0 aliphatic heterocycles. The molecule has 0 saturated carbocycles. The summed E-state index contributed by atoms with van der Waals surface area (Å²) in [7, 11) is 0. The van der Waals surface area contributed by atoms with Crippen LogP contribution in [0.5, 0.6) is 0 Å². The van der Waals surface area contributed by atoms with Crippen molar-refractivity contribution in [2.24, 2.45) is 17.8 Å². The Labute approximate surface area is 101 Å². The van der Waals surface area contributed by atoms with Crippen molar-refractivity contribution < 1.29 is 9.53 Å². The minimum Gasteiger partial charge on any atom is -0.466 e. The van der Waals surface area contributed by atoms with Gasteiger partial charge in [-0.2, -0.15) is 0 Å². The summed E-state index contributed by atoms with van der Waals surface area (Å²) in [5.41, 5.74) is 0. The largest absolute Gasteiger partial charge is 0.466 e. The van der Waals surface area contributed by atoms with Gasteiger partial charge in [0.15, 0.2) is 0 Å². The Morgan fingerprint density at radius 1 is 1.00 bits per heavy atom. The Hall–Kier alpha value is -0.530. The average molecular weight is 228 g/mol. The van der Waals surface area contributed by atoms with Crippen molar-refractivity contribution >= 4 is 5.97 Å². The fourth-order valence-corrected chi connectivity index (χ4v) is 2.04. The van der Waals surface area contributed by atoms with E-state index in [0.29, 0.717) is 12.5 Å². The van der Waals surface area contributed by atoms with Gasteiger partial charge in [-0.3, -0.25) is 4.79 Å². The number of ether oxygens (including phenoxy) is 1. The molecule has 2 atom stereocenters. The van der Waals surface area contributed by atoms with E-state index in [2.05, 4.69) is 27.7 Å². The molecule has 0 bridgehead atoms. The summed E-state index contributed by atoms with van der Waals surface area (Å²) >= 11 is 0. The molecular formula is C14H28O2. The van der Waals surface area contributed by atoms with E-state index in [9.17, 15) is 4.79 Å². The average Bonchev–Trinajstić information content (AvgIpc) is 2.13. The molecular weight excluding hydrogens is 200 g/mol. The lowest BCUT2D eigenvalue weighted by molar-refractivity contribution is -0.141. The summed E-state index contributed by atoms with van der Waals surface area (Å²) in [6.45, 7) is 11.2. The van der Waals surface area contributed by atoms with Gasteiger partial charge in [0.2, 0.25) is 0 Å². The molecule has 0 aromatic rings. The van der Waals surface area contributed by atoms with Crippen LogP contribution in [0, 0.1) is 17.8 Å². The molecule has 0 N–H and O–H groups in total. The maximum atomic E-state index is 10.6. The van der Waals surface area contributed by atoms with Crippen molar-refractivity contribution in [2.45, 2.75) is 60.3 Å². The number of rotatable bonds is 8. The van der Waals surface area contributed by atoms with Crippen LogP contribution >= 0.6 is 0 Å². The standard InChI is InChI=1S/C14H28O2/c1-11(2)10-13(4)7-6-12(3)8-9-16-14(5)15/h11-13H,6-10H2,1-5H3. The van der Waals surface area contributed by atoms with E-state index >= 15 is 0 Å². The molecule has 16 heavy (non-hydrogen) atoms. The van der Waals surface area contributed by atoms with E-state index in [1.165, 1.54) is 26.2 Å². The topological polar surface area (TPSA) is 26.3 Å². The second-order valence-electron chi connectivity index (χ2n) is 5.55. The van der Waals surface area contributed by atoms with Crippen LogP contribution in [0.2, 0.25) is 0 Å². The highest BCUT2D eigenvalue weighted by atomic mass is 16.5. The maximum Gasteiger partial charge on any atom is 0.302 e. The van der Waals surface area contributed by atoms with Gasteiger partial charge in [-0.05, 0) is 30.6 Å². The van der Waals surface area contributed by atoms with Gasteiger partial charge in [0.25, 0.3) is 0 Å². The Morgan fingerprint density at radius 2 is 1.56 bits per heavy atom. The Bertz CT molecular complexity index is 187. The predicted octanol–water partition coefficient (Wildman–Crippen LogP) is 4.04. The fraction of sp³-hybridized carbons (Fsp3) is 0.929. The minimum atomic E-state index is -0.166. The second-order valence-corrected chi connectivity index (χ2v) is 5.55. The molecule has 0 fully saturated rings. The van der Waals surface area contributed by atoms with Crippen molar-refractivity contribution in [3.63, 3.8) is 0 Å². The van der Waals surface area contributed by atoms with Gasteiger partial charge in [-0.15, -0.1) is 0 Å². The first kappa shape index (κ1) is 15.5. The lowest BCUT2D eigenvalue weighted by atomic mass is 9.90. The zero-order valence-corrected chi connectivity index (χ0v) is 11.6. The molecule has 0 spiro atoms. The molecule has 0 aliphatic rings. The molecule has 0 aromatic carbocycles. The molecule has 2 unspecified atom stereocenters. The van der Waals surface area contributed by atoms with E-state index in [4.69, 9.17) is 4.74 Å². The van der Waals surface area contributed by atoms with Crippen molar-refractivity contribution in [1.29, 1.82) is 0 Å². The zero-order valence-electron chi connectivity index (χ0n) is 11.6. The SMILES string of the molecule is CC(=O)OCCC(C)CCC(C)CC(C)C. The van der Waals surface area contributed by atoms with Gasteiger partial charge in [0, 0.05) is 6.92 Å². The number of carbonyl (C=O) groups is 1. The lowest BCUT2D eigenvalue weighted by Crippen LogP contribution is -2.07. The van der Waals surface area contributed by atoms with E-state index < -0.39 is 0 Å². The lowest BCUT2D eigenvalue weighted by Gasteiger charge is -2.16. The van der Waals surface area contributed by atoms with E-state index in [0.717, 1.165) is 18.3 Å². The predicted molar refractivity (Wildman–Crippen MR) is 68.3 cm³/mol. The van der Waals surface area contributed by atoms with Crippen LogP contribution in [0.3, 0.4) is 0 Å². The van der Waals surface area contributed by atoms with E-state index in [-0.39, 0.29) is 5.97 Å². The molecule has 0 saturated heterocycles. The summed E-state index contributed by atoms with van der Waals surface area (Å²) in [6.07, 6.45) is 4.85. The first-order valence-corrected chi connectivity index (χ1v) is 6.55. The van der Waals surface area contributed by atoms with Crippen LogP contribution in [0.25, 0.3) is 0 Å². The van der Waals surface area contributed by atoms with Crippen LogP contribution in [0.1, 0.15) is 60.3 Å². The quantitative estimate of drug-likeness (QED) is 0.586. The van der Waals surface area contributed by atoms with Crippen LogP contribution in [-0.4, -0.2) is 12.6 Å². The molecule has 0 heterocycles. The van der Waals surface area contributed by atoms with Gasteiger partial charge in [-0.1, -0.05) is 40.5 Å². The zero-order chi connectivity index (χ0) is 12.6. The summed E-state index contributed by atoms with van der Waals surface area (Å²) in [6, 6.07) is 0. The highest BCUT2D eigenvalue weighted by molar-refractivity contribution is 5.65. The summed E-state index contributed by atoms with van der Waals surface area (Å²) in [5.74, 6) is 2.11. The maximum absolute atomic E-state index is 10.6. The molecule has 96 valence electrons. The highest BCUT2D eigenvalue weighted by Gasteiger charge is 2.08. The Kier molecular flexibility index (Phi) is 8.32. The molecule has 0 rings (SSSR count).